The highest BCUT2D eigenvalue weighted by molar-refractivity contribution is 6.33. The zero-order valence-electron chi connectivity index (χ0n) is 19.8. The minimum absolute atomic E-state index is 0.00795. The standard InChI is InChI=1S/C24H14Cl2N8O6/c25-19-5-1-13(33(35)36)9-17(19)21-7-3-15(39-21)11-28-24-31-30-23(27)32(24)29-12-16-4-8-22(40-16)18-10-14(34(37)38)2-6-20(18)26/h1-12H,(H2,27,30)/b28-11+,29-12?. The maximum Gasteiger partial charge on any atom is 0.273 e. The number of nitro groups is 2. The number of non-ortho nitro benzene ring substituents is 2. The summed E-state index contributed by atoms with van der Waals surface area (Å²) < 4.78 is 12.6. The van der Waals surface area contributed by atoms with Crippen molar-refractivity contribution in [2.24, 2.45) is 10.1 Å². The summed E-state index contributed by atoms with van der Waals surface area (Å²) in [6.07, 6.45) is 2.66. The summed E-state index contributed by atoms with van der Waals surface area (Å²) in [5.41, 5.74) is 6.28. The van der Waals surface area contributed by atoms with E-state index in [-0.39, 0.29) is 39.1 Å². The number of hydrogen-bond donors (Lipinski definition) is 1. The van der Waals surface area contributed by atoms with Crippen molar-refractivity contribution in [1.29, 1.82) is 0 Å². The van der Waals surface area contributed by atoms with Gasteiger partial charge in [-0.2, -0.15) is 9.78 Å². The summed E-state index contributed by atoms with van der Waals surface area (Å²) in [5, 5.41) is 34.6. The number of hydrogen-bond acceptors (Lipinski definition) is 11. The predicted octanol–water partition coefficient (Wildman–Crippen LogP) is 6.14. The van der Waals surface area contributed by atoms with Crippen molar-refractivity contribution < 1.29 is 18.7 Å². The van der Waals surface area contributed by atoms with Crippen molar-refractivity contribution in [2.45, 2.75) is 0 Å². The number of aromatic nitrogens is 3. The lowest BCUT2D eigenvalue weighted by Crippen LogP contribution is -1.97. The van der Waals surface area contributed by atoms with E-state index in [2.05, 4.69) is 20.3 Å². The largest absolute Gasteiger partial charge is 0.455 e. The molecule has 0 spiro atoms. The number of furan rings is 2. The molecule has 16 heteroatoms. The van der Waals surface area contributed by atoms with Crippen LogP contribution in [0.15, 0.2) is 79.6 Å². The van der Waals surface area contributed by atoms with Gasteiger partial charge in [0.15, 0.2) is 0 Å². The zero-order valence-corrected chi connectivity index (χ0v) is 21.4. The third-order valence-electron chi connectivity index (χ3n) is 5.36. The van der Waals surface area contributed by atoms with Crippen LogP contribution in [0, 0.1) is 20.2 Å². The summed E-state index contributed by atoms with van der Waals surface area (Å²) >= 11 is 12.4. The highest BCUT2D eigenvalue weighted by Crippen LogP contribution is 2.33. The second-order valence-corrected chi connectivity index (χ2v) is 8.73. The number of anilines is 1. The lowest BCUT2D eigenvalue weighted by molar-refractivity contribution is -0.385. The van der Waals surface area contributed by atoms with Gasteiger partial charge in [0.2, 0.25) is 5.95 Å². The van der Waals surface area contributed by atoms with Gasteiger partial charge in [0.25, 0.3) is 17.3 Å². The molecule has 3 aromatic heterocycles. The van der Waals surface area contributed by atoms with Gasteiger partial charge >= 0.3 is 0 Å². The van der Waals surface area contributed by atoms with Crippen LogP contribution < -0.4 is 5.73 Å². The van der Waals surface area contributed by atoms with Crippen molar-refractivity contribution in [3.05, 3.63) is 102 Å². The van der Waals surface area contributed by atoms with E-state index in [1.807, 2.05) is 0 Å². The number of halogens is 2. The van der Waals surface area contributed by atoms with Gasteiger partial charge in [-0.3, -0.25) is 20.2 Å². The number of nitrogen functional groups attached to an aromatic ring is 1. The molecule has 0 aliphatic rings. The molecule has 40 heavy (non-hydrogen) atoms. The normalized spacial score (nSPS) is 11.6. The summed E-state index contributed by atoms with van der Waals surface area (Å²) in [5.74, 6) is 1.10. The molecule has 0 amide bonds. The fourth-order valence-electron chi connectivity index (χ4n) is 3.48. The highest BCUT2D eigenvalue weighted by Gasteiger charge is 2.16. The molecule has 0 saturated carbocycles. The van der Waals surface area contributed by atoms with E-state index in [1.165, 1.54) is 48.8 Å². The molecule has 0 radical (unpaired) electrons. The first kappa shape index (κ1) is 26.3. The number of nitrogens with zero attached hydrogens (tertiary/aromatic N) is 7. The van der Waals surface area contributed by atoms with Crippen molar-refractivity contribution in [3.63, 3.8) is 0 Å². The molecule has 2 N–H and O–H groups in total. The molecule has 14 nitrogen and oxygen atoms in total. The van der Waals surface area contributed by atoms with Crippen molar-refractivity contribution in [2.75, 3.05) is 5.73 Å². The van der Waals surface area contributed by atoms with Gasteiger partial charge in [0.05, 0.1) is 32.3 Å². The van der Waals surface area contributed by atoms with E-state index < -0.39 is 9.85 Å². The fourth-order valence-corrected chi connectivity index (χ4v) is 3.90. The molecule has 2 aromatic carbocycles. The first-order valence-electron chi connectivity index (χ1n) is 11.1. The number of benzene rings is 2. The molecule has 0 saturated heterocycles. The quantitative estimate of drug-likeness (QED) is 0.127. The Labute approximate surface area is 233 Å². The number of nitro benzene ring substituents is 2. The predicted molar refractivity (Wildman–Crippen MR) is 146 cm³/mol. The first-order chi connectivity index (χ1) is 19.2. The molecule has 0 fully saturated rings. The lowest BCUT2D eigenvalue weighted by Gasteiger charge is -2.01. The third kappa shape index (κ3) is 5.43. The van der Waals surface area contributed by atoms with Crippen LogP contribution in [0.4, 0.5) is 23.3 Å². The Kier molecular flexibility index (Phi) is 7.09. The van der Waals surface area contributed by atoms with Crippen LogP contribution >= 0.6 is 23.2 Å². The maximum absolute atomic E-state index is 11.1. The smallest absolute Gasteiger partial charge is 0.273 e. The first-order valence-corrected chi connectivity index (χ1v) is 11.8. The SMILES string of the molecule is Nc1nnc(/N=C/c2ccc(-c3cc([N+](=O)[O-])ccc3Cl)o2)n1N=Cc1ccc(-c2cc([N+](=O)[O-])ccc2Cl)o1. The molecule has 3 heterocycles. The number of aliphatic imine (C=N–C) groups is 1. The Morgan fingerprint density at radius 1 is 0.800 bits per heavy atom. The Balaban J connectivity index is 1.36. The number of rotatable bonds is 8. The average molecular weight is 581 g/mol. The van der Waals surface area contributed by atoms with Gasteiger partial charge in [-0.15, -0.1) is 10.2 Å². The van der Waals surface area contributed by atoms with Crippen LogP contribution in [0.1, 0.15) is 11.5 Å². The van der Waals surface area contributed by atoms with Crippen LogP contribution in [-0.4, -0.2) is 37.1 Å². The molecule has 5 aromatic rings. The fraction of sp³-hybridized carbons (Fsp3) is 0. The Morgan fingerprint density at radius 2 is 1.32 bits per heavy atom. The minimum atomic E-state index is -0.533. The second kappa shape index (κ2) is 10.8. The molecule has 0 atom stereocenters. The molecule has 0 aliphatic heterocycles. The monoisotopic (exact) mass is 580 g/mol. The van der Waals surface area contributed by atoms with Gasteiger partial charge in [-0.25, -0.2) is 4.99 Å². The van der Waals surface area contributed by atoms with Crippen LogP contribution in [0.2, 0.25) is 10.0 Å². The van der Waals surface area contributed by atoms with Crippen LogP contribution in [0.25, 0.3) is 22.6 Å². The summed E-state index contributed by atoms with van der Waals surface area (Å²) in [6.45, 7) is 0. The van der Waals surface area contributed by atoms with E-state index in [0.717, 1.165) is 4.68 Å². The van der Waals surface area contributed by atoms with Crippen molar-refractivity contribution in [1.82, 2.24) is 14.9 Å². The van der Waals surface area contributed by atoms with Gasteiger partial charge in [0.1, 0.15) is 23.0 Å². The molecular formula is C24H14Cl2N8O6. The molecule has 0 aliphatic carbocycles. The topological polar surface area (TPSA) is 194 Å². The van der Waals surface area contributed by atoms with E-state index in [9.17, 15) is 20.2 Å². The lowest BCUT2D eigenvalue weighted by atomic mass is 10.1. The van der Waals surface area contributed by atoms with Crippen LogP contribution in [0.3, 0.4) is 0 Å². The molecule has 5 rings (SSSR count). The van der Waals surface area contributed by atoms with Gasteiger partial charge in [-0.05, 0) is 36.4 Å². The van der Waals surface area contributed by atoms with Crippen LogP contribution in [0.5, 0.6) is 0 Å². The Hall–Kier alpha value is -5.34. The van der Waals surface area contributed by atoms with Crippen LogP contribution in [-0.2, 0) is 0 Å². The average Bonchev–Trinajstić information content (AvgIpc) is 3.67. The van der Waals surface area contributed by atoms with Crippen molar-refractivity contribution >= 4 is 58.9 Å². The highest BCUT2D eigenvalue weighted by atomic mass is 35.5. The van der Waals surface area contributed by atoms with E-state index >= 15 is 0 Å². The third-order valence-corrected chi connectivity index (χ3v) is 6.02. The maximum atomic E-state index is 11.1. The number of nitrogens with two attached hydrogens (primary N) is 1. The van der Waals surface area contributed by atoms with Gasteiger partial charge in [-0.1, -0.05) is 23.2 Å². The minimum Gasteiger partial charge on any atom is -0.455 e. The van der Waals surface area contributed by atoms with E-state index in [4.69, 9.17) is 37.8 Å². The van der Waals surface area contributed by atoms with E-state index in [1.54, 1.807) is 24.3 Å². The Morgan fingerprint density at radius 3 is 1.85 bits per heavy atom. The molecule has 0 unspecified atom stereocenters. The van der Waals surface area contributed by atoms with Crippen molar-refractivity contribution in [3.8, 4) is 22.6 Å². The summed E-state index contributed by atoms with van der Waals surface area (Å²) in [7, 11) is 0. The van der Waals surface area contributed by atoms with E-state index in [0.29, 0.717) is 28.4 Å². The summed E-state index contributed by atoms with van der Waals surface area (Å²) in [4.78, 5) is 25.3. The zero-order chi connectivity index (χ0) is 28.4. The Bertz CT molecular complexity index is 1820. The molecule has 200 valence electrons. The van der Waals surface area contributed by atoms with Gasteiger partial charge < -0.3 is 14.6 Å². The second-order valence-electron chi connectivity index (χ2n) is 7.92. The van der Waals surface area contributed by atoms with Gasteiger partial charge in [0, 0.05) is 35.4 Å². The summed E-state index contributed by atoms with van der Waals surface area (Å²) in [6, 6.07) is 14.4. The molecule has 0 bridgehead atoms. The molecular weight excluding hydrogens is 567 g/mol.